The molecule has 4 aromatic rings. The number of nitrogens with one attached hydrogen (secondary N) is 2. The molecular formula is C28H24N4O4S. The Morgan fingerprint density at radius 1 is 1.00 bits per heavy atom. The summed E-state index contributed by atoms with van der Waals surface area (Å²) in [6.07, 6.45) is 1.92. The lowest BCUT2D eigenvalue weighted by atomic mass is 10.0. The van der Waals surface area contributed by atoms with Gasteiger partial charge >= 0.3 is 5.97 Å². The first kappa shape index (κ1) is 24.2. The van der Waals surface area contributed by atoms with Gasteiger partial charge in [0, 0.05) is 30.4 Å². The highest BCUT2D eigenvalue weighted by Gasteiger charge is 2.41. The Morgan fingerprint density at radius 2 is 1.76 bits per heavy atom. The molecule has 1 fully saturated rings. The number of thiocarbonyl (C=S) groups is 1. The summed E-state index contributed by atoms with van der Waals surface area (Å²) in [5, 5.41) is 16.3. The molecule has 0 spiro atoms. The number of carboxylic acid groups (broad SMARTS) is 1. The van der Waals surface area contributed by atoms with Gasteiger partial charge in [-0.05, 0) is 54.7 Å². The van der Waals surface area contributed by atoms with Crippen LogP contribution in [0.15, 0.2) is 95.5 Å². The molecule has 0 radical (unpaired) electrons. The van der Waals surface area contributed by atoms with Crippen LogP contribution >= 0.6 is 12.2 Å². The van der Waals surface area contributed by atoms with Crippen LogP contribution in [0.1, 0.15) is 40.3 Å². The van der Waals surface area contributed by atoms with Crippen LogP contribution in [0.4, 0.5) is 5.69 Å². The van der Waals surface area contributed by atoms with E-state index in [0.29, 0.717) is 28.7 Å². The highest BCUT2D eigenvalue weighted by molar-refractivity contribution is 7.80. The molecule has 5 rings (SSSR count). The first-order chi connectivity index (χ1) is 18.0. The molecule has 37 heavy (non-hydrogen) atoms. The van der Waals surface area contributed by atoms with Crippen molar-refractivity contribution in [2.24, 2.45) is 0 Å². The number of benzene rings is 2. The Balaban J connectivity index is 1.43. The monoisotopic (exact) mass is 512 g/mol. The molecule has 9 heteroatoms. The Hall–Kier alpha value is -4.50. The molecule has 2 atom stereocenters. The van der Waals surface area contributed by atoms with E-state index >= 15 is 0 Å². The minimum absolute atomic E-state index is 0.135. The van der Waals surface area contributed by atoms with E-state index in [4.69, 9.17) is 16.6 Å². The van der Waals surface area contributed by atoms with Gasteiger partial charge in [-0.2, -0.15) is 0 Å². The zero-order chi connectivity index (χ0) is 25.8. The molecule has 0 aliphatic carbocycles. The molecule has 2 aromatic carbocycles. The number of pyridine rings is 1. The number of hydrogen-bond acceptors (Lipinski definition) is 5. The summed E-state index contributed by atoms with van der Waals surface area (Å²) >= 11 is 5.67. The number of carbonyl (C=O) groups excluding carboxylic acids is 1. The van der Waals surface area contributed by atoms with Crippen molar-refractivity contribution in [3.63, 3.8) is 0 Å². The Bertz CT molecular complexity index is 1420. The normalized spacial score (nSPS) is 16.9. The molecule has 3 heterocycles. The molecule has 1 saturated heterocycles. The second-order valence-corrected chi connectivity index (χ2v) is 8.92. The van der Waals surface area contributed by atoms with Crippen LogP contribution in [0.5, 0.6) is 0 Å². The van der Waals surface area contributed by atoms with E-state index < -0.39 is 12.0 Å². The van der Waals surface area contributed by atoms with Gasteiger partial charge in [0.05, 0.1) is 17.3 Å². The van der Waals surface area contributed by atoms with E-state index in [1.54, 1.807) is 36.5 Å². The smallest absolute Gasteiger partial charge is 0.336 e. The predicted molar refractivity (Wildman–Crippen MR) is 143 cm³/mol. The fraction of sp³-hybridized carbons (Fsp3) is 0.143. The average Bonchev–Trinajstić information content (AvgIpc) is 3.53. The molecule has 3 N–H and O–H groups in total. The Labute approximate surface area is 219 Å². The summed E-state index contributed by atoms with van der Waals surface area (Å²) in [7, 11) is 0. The maximum absolute atomic E-state index is 12.7. The first-order valence-corrected chi connectivity index (χ1v) is 12.2. The number of amides is 1. The first-order valence-electron chi connectivity index (χ1n) is 11.8. The summed E-state index contributed by atoms with van der Waals surface area (Å²) in [6, 6.07) is 24.5. The molecule has 0 unspecified atom stereocenters. The van der Waals surface area contributed by atoms with Crippen molar-refractivity contribution >= 4 is 34.9 Å². The van der Waals surface area contributed by atoms with Gasteiger partial charge in [-0.3, -0.25) is 9.78 Å². The van der Waals surface area contributed by atoms with Gasteiger partial charge in [0.25, 0.3) is 0 Å². The number of hydrogen-bond donors (Lipinski definition) is 3. The zero-order valence-corrected chi connectivity index (χ0v) is 20.5. The highest BCUT2D eigenvalue weighted by atomic mass is 32.1. The van der Waals surface area contributed by atoms with Crippen molar-refractivity contribution < 1.29 is 19.1 Å². The van der Waals surface area contributed by atoms with Gasteiger partial charge in [-0.15, -0.1) is 0 Å². The summed E-state index contributed by atoms with van der Waals surface area (Å²) < 4.78 is 6.24. The molecule has 186 valence electrons. The molecule has 1 amide bonds. The van der Waals surface area contributed by atoms with Gasteiger partial charge in [0.2, 0.25) is 5.91 Å². The zero-order valence-electron chi connectivity index (χ0n) is 19.7. The number of aromatic carboxylic acids is 1. The third-order valence-corrected chi connectivity index (χ3v) is 6.53. The van der Waals surface area contributed by atoms with Crippen molar-refractivity contribution in [2.45, 2.75) is 18.5 Å². The van der Waals surface area contributed by atoms with Crippen LogP contribution < -0.4 is 10.6 Å². The largest absolute Gasteiger partial charge is 0.478 e. The van der Waals surface area contributed by atoms with Crippen LogP contribution in [-0.2, 0) is 4.79 Å². The molecule has 8 nitrogen and oxygen atoms in total. The number of para-hydroxylation sites is 1. The second kappa shape index (κ2) is 10.6. The van der Waals surface area contributed by atoms with E-state index in [9.17, 15) is 14.7 Å². The molecule has 1 aliphatic heterocycles. The SMILES string of the molecule is O=C(CCN1C(=S)N[C@@H](c2ccccn2)[C@@H]1c1ccc(-c2ccccc2C(=O)O)o1)Nc1ccccc1. The number of carboxylic acids is 1. The van der Waals surface area contributed by atoms with Crippen LogP contribution in [-0.4, -0.2) is 38.5 Å². The van der Waals surface area contributed by atoms with E-state index in [2.05, 4.69) is 15.6 Å². The van der Waals surface area contributed by atoms with Crippen molar-refractivity contribution in [2.75, 3.05) is 11.9 Å². The van der Waals surface area contributed by atoms with E-state index in [1.807, 2.05) is 59.5 Å². The minimum Gasteiger partial charge on any atom is -0.478 e. The molecular weight excluding hydrogens is 488 g/mol. The van der Waals surface area contributed by atoms with Crippen molar-refractivity contribution in [1.29, 1.82) is 0 Å². The van der Waals surface area contributed by atoms with Gasteiger partial charge < -0.3 is 25.1 Å². The van der Waals surface area contributed by atoms with Crippen LogP contribution in [0.25, 0.3) is 11.3 Å². The molecule has 1 aliphatic rings. The third-order valence-electron chi connectivity index (χ3n) is 6.18. The van der Waals surface area contributed by atoms with Crippen LogP contribution in [0, 0.1) is 0 Å². The number of carbonyl (C=O) groups is 2. The van der Waals surface area contributed by atoms with E-state index in [1.165, 1.54) is 0 Å². The number of aromatic nitrogens is 1. The van der Waals surface area contributed by atoms with Gasteiger partial charge in [0.15, 0.2) is 5.11 Å². The summed E-state index contributed by atoms with van der Waals surface area (Å²) in [4.78, 5) is 30.8. The molecule has 2 aromatic heterocycles. The third kappa shape index (κ3) is 5.22. The maximum atomic E-state index is 12.7. The average molecular weight is 513 g/mol. The van der Waals surface area contributed by atoms with Crippen LogP contribution in [0.2, 0.25) is 0 Å². The Morgan fingerprint density at radius 3 is 2.51 bits per heavy atom. The second-order valence-electron chi connectivity index (χ2n) is 8.54. The van der Waals surface area contributed by atoms with Gasteiger partial charge in [-0.25, -0.2) is 4.79 Å². The quantitative estimate of drug-likeness (QED) is 0.282. The minimum atomic E-state index is -1.03. The summed E-state index contributed by atoms with van der Waals surface area (Å²) in [5.74, 6) is -0.145. The van der Waals surface area contributed by atoms with Crippen molar-refractivity contribution in [1.82, 2.24) is 15.2 Å². The van der Waals surface area contributed by atoms with Crippen LogP contribution in [0.3, 0.4) is 0 Å². The Kier molecular flexibility index (Phi) is 6.96. The fourth-order valence-corrected chi connectivity index (χ4v) is 4.80. The number of rotatable bonds is 8. The van der Waals surface area contributed by atoms with Crippen molar-refractivity contribution in [3.8, 4) is 11.3 Å². The van der Waals surface area contributed by atoms with Crippen molar-refractivity contribution in [3.05, 3.63) is 108 Å². The summed E-state index contributed by atoms with van der Waals surface area (Å²) in [5.41, 5.74) is 2.14. The lowest BCUT2D eigenvalue weighted by molar-refractivity contribution is -0.116. The van der Waals surface area contributed by atoms with E-state index in [-0.39, 0.29) is 23.9 Å². The fourth-order valence-electron chi connectivity index (χ4n) is 4.46. The predicted octanol–water partition coefficient (Wildman–Crippen LogP) is 5.04. The lowest BCUT2D eigenvalue weighted by Crippen LogP contribution is -2.32. The molecule has 0 saturated carbocycles. The standard InChI is InChI=1S/C28H24N4O4S/c33-24(30-18-8-2-1-3-9-18)15-17-32-26(25(31-28(32)37)21-12-6-7-16-29-21)23-14-13-22(36-23)19-10-4-5-11-20(19)27(34)35/h1-14,16,25-26H,15,17H2,(H,30,33)(H,31,37)(H,34,35)/t25-,26-/m0/s1. The van der Waals surface area contributed by atoms with E-state index in [0.717, 1.165) is 11.4 Å². The lowest BCUT2D eigenvalue weighted by Gasteiger charge is -2.25. The number of anilines is 1. The topological polar surface area (TPSA) is 108 Å². The van der Waals surface area contributed by atoms with Gasteiger partial charge in [0.1, 0.15) is 17.6 Å². The highest BCUT2D eigenvalue weighted by Crippen LogP contribution is 2.40. The number of furan rings is 1. The number of nitrogens with zero attached hydrogens (tertiary/aromatic N) is 2. The maximum Gasteiger partial charge on any atom is 0.336 e. The van der Waals surface area contributed by atoms with Gasteiger partial charge in [-0.1, -0.05) is 42.5 Å². The summed E-state index contributed by atoms with van der Waals surface area (Å²) in [6.45, 7) is 0.347. The molecule has 0 bridgehead atoms.